The molecule has 0 radical (unpaired) electrons. The van der Waals surface area contributed by atoms with Gasteiger partial charge in [-0.25, -0.2) is 4.98 Å². The molecule has 0 bridgehead atoms. The number of hydrogen-bond donors (Lipinski definition) is 1. The van der Waals surface area contributed by atoms with Gasteiger partial charge in [-0.2, -0.15) is 0 Å². The number of benzene rings is 2. The van der Waals surface area contributed by atoms with Crippen molar-refractivity contribution in [2.75, 3.05) is 18.4 Å². The minimum absolute atomic E-state index is 0.0530. The maximum atomic E-state index is 13.0. The number of nitrogens with zero attached hydrogens (tertiary/aromatic N) is 3. The van der Waals surface area contributed by atoms with Gasteiger partial charge in [0.25, 0.3) is 11.6 Å². The lowest BCUT2D eigenvalue weighted by Crippen LogP contribution is -2.41. The summed E-state index contributed by atoms with van der Waals surface area (Å²) in [5, 5.41) is 16.4. The zero-order valence-corrected chi connectivity index (χ0v) is 19.5. The second-order valence-electron chi connectivity index (χ2n) is 7.72. The third kappa shape index (κ3) is 5.58. The van der Waals surface area contributed by atoms with E-state index in [2.05, 4.69) is 10.3 Å². The normalized spacial score (nSPS) is 14.2. The highest BCUT2D eigenvalue weighted by Gasteiger charge is 2.29. The molecule has 0 atom stereocenters. The minimum atomic E-state index is -0.472. The van der Waals surface area contributed by atoms with Crippen LogP contribution in [0, 0.1) is 23.0 Å². The quantitative estimate of drug-likeness (QED) is 0.391. The Morgan fingerprint density at radius 2 is 1.91 bits per heavy atom. The molecule has 170 valence electrons. The number of carbonyl (C=O) groups excluding carboxylic acids is 2. The van der Waals surface area contributed by atoms with E-state index >= 15 is 0 Å². The molecule has 1 fully saturated rings. The minimum Gasteiger partial charge on any atom is -0.339 e. The summed E-state index contributed by atoms with van der Waals surface area (Å²) in [5.74, 6) is -0.492. The van der Waals surface area contributed by atoms with Crippen LogP contribution in [0.5, 0.6) is 0 Å². The first kappa shape index (κ1) is 22.9. The van der Waals surface area contributed by atoms with Gasteiger partial charge in [0, 0.05) is 47.4 Å². The first-order valence-electron chi connectivity index (χ1n) is 10.4. The lowest BCUT2D eigenvalue weighted by Gasteiger charge is -2.31. The molecule has 2 amide bonds. The van der Waals surface area contributed by atoms with Crippen molar-refractivity contribution in [2.45, 2.75) is 29.0 Å². The highest BCUT2D eigenvalue weighted by Crippen LogP contribution is 2.37. The number of para-hydroxylation sites is 1. The Morgan fingerprint density at radius 3 is 2.55 bits per heavy atom. The zero-order valence-electron chi connectivity index (χ0n) is 17.9. The molecule has 0 spiro atoms. The van der Waals surface area contributed by atoms with Crippen LogP contribution < -0.4 is 5.32 Å². The summed E-state index contributed by atoms with van der Waals surface area (Å²) >= 11 is 2.64. The highest BCUT2D eigenvalue weighted by atomic mass is 32.2. The van der Waals surface area contributed by atoms with Crippen LogP contribution >= 0.6 is 23.1 Å². The number of piperidine rings is 1. The fraction of sp³-hybridized carbons (Fsp3) is 0.261. The maximum Gasteiger partial charge on any atom is 0.284 e. The van der Waals surface area contributed by atoms with Crippen molar-refractivity contribution < 1.29 is 14.5 Å². The number of anilines is 1. The molecular weight excluding hydrogens is 460 g/mol. The summed E-state index contributed by atoms with van der Waals surface area (Å²) < 4.78 is 0.713. The predicted molar refractivity (Wildman–Crippen MR) is 128 cm³/mol. The van der Waals surface area contributed by atoms with Crippen molar-refractivity contribution in [3.05, 3.63) is 75.3 Å². The molecule has 1 aliphatic rings. The summed E-state index contributed by atoms with van der Waals surface area (Å²) in [4.78, 5) is 43.1. The third-order valence-electron chi connectivity index (χ3n) is 5.39. The van der Waals surface area contributed by atoms with E-state index in [0.717, 1.165) is 11.4 Å². The van der Waals surface area contributed by atoms with Crippen LogP contribution in [0.3, 0.4) is 0 Å². The molecule has 33 heavy (non-hydrogen) atoms. The lowest BCUT2D eigenvalue weighted by molar-refractivity contribution is -0.387. The standard InChI is InChI=1S/C23H22N4O4S2/c1-15-14-32-23(24-15)33-20-8-7-17(13-19(20)27(30)31)22(29)26-11-9-16(10-12-26)21(28)25-18-5-3-2-4-6-18/h2-8,13-14,16H,9-12H2,1H3,(H,25,28). The van der Waals surface area contributed by atoms with Crippen LogP contribution in [0.1, 0.15) is 28.9 Å². The summed E-state index contributed by atoms with van der Waals surface area (Å²) in [6.07, 6.45) is 1.09. The molecule has 0 saturated carbocycles. The van der Waals surface area contributed by atoms with Crippen molar-refractivity contribution in [1.29, 1.82) is 0 Å². The molecule has 10 heteroatoms. The molecule has 8 nitrogen and oxygen atoms in total. The van der Waals surface area contributed by atoms with E-state index < -0.39 is 4.92 Å². The maximum absolute atomic E-state index is 13.0. The van der Waals surface area contributed by atoms with E-state index in [-0.39, 0.29) is 29.0 Å². The molecule has 4 rings (SSSR count). The van der Waals surface area contributed by atoms with Gasteiger partial charge in [-0.15, -0.1) is 11.3 Å². The van der Waals surface area contributed by atoms with Crippen LogP contribution in [0.25, 0.3) is 0 Å². The number of aryl methyl sites for hydroxylation is 1. The zero-order chi connectivity index (χ0) is 23.4. The first-order chi connectivity index (χ1) is 15.9. The number of nitro groups is 1. The molecule has 0 unspecified atom stereocenters. The van der Waals surface area contributed by atoms with Gasteiger partial charge in [0.15, 0.2) is 4.34 Å². The number of carbonyl (C=O) groups is 2. The van der Waals surface area contributed by atoms with E-state index in [1.165, 1.54) is 29.2 Å². The topological polar surface area (TPSA) is 105 Å². The molecule has 1 aromatic heterocycles. The van der Waals surface area contributed by atoms with Crippen molar-refractivity contribution >= 4 is 46.3 Å². The predicted octanol–water partition coefficient (Wildman–Crippen LogP) is 5.00. The number of hydrogen-bond acceptors (Lipinski definition) is 7. The van der Waals surface area contributed by atoms with Crippen molar-refractivity contribution in [2.24, 2.45) is 5.92 Å². The number of thiazole rings is 1. The smallest absolute Gasteiger partial charge is 0.284 e. The molecule has 1 saturated heterocycles. The number of likely N-dealkylation sites (tertiary alicyclic amines) is 1. The van der Waals surface area contributed by atoms with Crippen LogP contribution in [-0.2, 0) is 4.79 Å². The number of amides is 2. The molecule has 0 aliphatic carbocycles. The SMILES string of the molecule is Cc1csc(Sc2ccc(C(=O)N3CCC(C(=O)Nc4ccccc4)CC3)cc2[N+](=O)[O-])n1. The van der Waals surface area contributed by atoms with Gasteiger partial charge in [-0.1, -0.05) is 30.0 Å². The number of nitrogens with one attached hydrogen (secondary N) is 1. The molecule has 2 aromatic carbocycles. The average Bonchev–Trinajstić information content (AvgIpc) is 3.24. The van der Waals surface area contributed by atoms with Gasteiger partial charge in [0.2, 0.25) is 5.91 Å². The van der Waals surface area contributed by atoms with E-state index in [1.54, 1.807) is 17.0 Å². The van der Waals surface area contributed by atoms with Crippen LogP contribution in [-0.4, -0.2) is 39.7 Å². The van der Waals surface area contributed by atoms with E-state index in [4.69, 9.17) is 0 Å². The van der Waals surface area contributed by atoms with Gasteiger partial charge in [-0.3, -0.25) is 19.7 Å². The van der Waals surface area contributed by atoms with E-state index in [0.29, 0.717) is 35.2 Å². The lowest BCUT2D eigenvalue weighted by atomic mass is 9.95. The Kier molecular flexibility index (Phi) is 7.05. The number of nitro benzene ring substituents is 1. The molecule has 1 N–H and O–H groups in total. The monoisotopic (exact) mass is 482 g/mol. The second kappa shape index (κ2) is 10.1. The van der Waals surface area contributed by atoms with Gasteiger partial charge in [0.1, 0.15) is 0 Å². The Hall–Kier alpha value is -3.24. The Balaban J connectivity index is 1.40. The fourth-order valence-electron chi connectivity index (χ4n) is 3.65. The first-order valence-corrected chi connectivity index (χ1v) is 12.1. The van der Waals surface area contributed by atoms with Crippen molar-refractivity contribution in [1.82, 2.24) is 9.88 Å². The summed E-state index contributed by atoms with van der Waals surface area (Å²) in [6.45, 7) is 2.72. The highest BCUT2D eigenvalue weighted by molar-refractivity contribution is 8.01. The van der Waals surface area contributed by atoms with Crippen LogP contribution in [0.15, 0.2) is 63.1 Å². The number of aromatic nitrogens is 1. The fourth-order valence-corrected chi connectivity index (χ4v) is 5.52. The molecule has 3 aromatic rings. The Labute approximate surface area is 199 Å². The largest absolute Gasteiger partial charge is 0.339 e. The van der Waals surface area contributed by atoms with Crippen LogP contribution in [0.4, 0.5) is 11.4 Å². The van der Waals surface area contributed by atoms with Gasteiger partial charge in [0.05, 0.1) is 9.82 Å². The summed E-state index contributed by atoms with van der Waals surface area (Å²) in [5.41, 5.74) is 1.77. The summed E-state index contributed by atoms with van der Waals surface area (Å²) in [6, 6.07) is 13.8. The number of rotatable bonds is 6. The van der Waals surface area contributed by atoms with E-state index in [9.17, 15) is 19.7 Å². The molecular formula is C23H22N4O4S2. The van der Waals surface area contributed by atoms with Crippen molar-refractivity contribution in [3.8, 4) is 0 Å². The van der Waals surface area contributed by atoms with Gasteiger partial charge < -0.3 is 10.2 Å². The van der Waals surface area contributed by atoms with Crippen LogP contribution in [0.2, 0.25) is 0 Å². The summed E-state index contributed by atoms with van der Waals surface area (Å²) in [7, 11) is 0. The third-order valence-corrected chi connectivity index (χ3v) is 7.51. The van der Waals surface area contributed by atoms with E-state index in [1.807, 2.05) is 42.6 Å². The Morgan fingerprint density at radius 1 is 1.18 bits per heavy atom. The Bertz CT molecular complexity index is 1170. The second-order valence-corrected chi connectivity index (χ2v) is 9.87. The van der Waals surface area contributed by atoms with Gasteiger partial charge in [-0.05, 0) is 44.0 Å². The van der Waals surface area contributed by atoms with Crippen molar-refractivity contribution in [3.63, 3.8) is 0 Å². The molecule has 2 heterocycles. The molecule has 1 aliphatic heterocycles. The van der Waals surface area contributed by atoms with Gasteiger partial charge >= 0.3 is 0 Å². The average molecular weight is 483 g/mol.